The summed E-state index contributed by atoms with van der Waals surface area (Å²) in [5.41, 5.74) is 0. The van der Waals surface area contributed by atoms with Gasteiger partial charge < -0.3 is 4.98 Å². The van der Waals surface area contributed by atoms with Crippen LogP contribution in [0.5, 0.6) is 0 Å². The summed E-state index contributed by atoms with van der Waals surface area (Å²) in [5.74, 6) is 0. The zero-order valence-electron chi connectivity index (χ0n) is 8.53. The highest BCUT2D eigenvalue weighted by Gasteiger charge is 2.07. The van der Waals surface area contributed by atoms with Crippen LogP contribution in [-0.2, 0) is 0 Å². The van der Waals surface area contributed by atoms with Crippen LogP contribution in [0.2, 0.25) is 0 Å². The van der Waals surface area contributed by atoms with Gasteiger partial charge in [-0.05, 0) is 10.8 Å². The standard InChI is InChI=1S/C14H9NS/c1-2-4-10-9(3-1)5-6-11-12-7-15-8-13(12)16-14(10)11/h1-8,15H. The van der Waals surface area contributed by atoms with E-state index in [4.69, 9.17) is 0 Å². The number of aromatic nitrogens is 1. The smallest absolute Gasteiger partial charge is 0.0530 e. The zero-order chi connectivity index (χ0) is 10.5. The van der Waals surface area contributed by atoms with Crippen LogP contribution >= 0.6 is 11.3 Å². The largest absolute Gasteiger partial charge is 0.366 e. The summed E-state index contributed by atoms with van der Waals surface area (Å²) in [6.45, 7) is 0. The van der Waals surface area contributed by atoms with Crippen molar-refractivity contribution in [2.75, 3.05) is 0 Å². The predicted molar refractivity (Wildman–Crippen MR) is 71.2 cm³/mol. The molecule has 1 N–H and O–H groups in total. The highest BCUT2D eigenvalue weighted by Crippen LogP contribution is 2.37. The quantitative estimate of drug-likeness (QED) is 0.450. The molecule has 4 aromatic rings. The monoisotopic (exact) mass is 223 g/mol. The van der Waals surface area contributed by atoms with Gasteiger partial charge in [0.05, 0.1) is 4.70 Å². The van der Waals surface area contributed by atoms with E-state index in [0.717, 1.165) is 0 Å². The van der Waals surface area contributed by atoms with Gasteiger partial charge in [0.1, 0.15) is 0 Å². The van der Waals surface area contributed by atoms with Crippen LogP contribution in [-0.4, -0.2) is 4.98 Å². The second kappa shape index (κ2) is 2.86. The van der Waals surface area contributed by atoms with Crippen molar-refractivity contribution in [1.82, 2.24) is 4.98 Å². The summed E-state index contributed by atoms with van der Waals surface area (Å²) in [6.07, 6.45) is 4.16. The lowest BCUT2D eigenvalue weighted by Crippen LogP contribution is -1.71. The van der Waals surface area contributed by atoms with Gasteiger partial charge in [-0.2, -0.15) is 0 Å². The topological polar surface area (TPSA) is 15.8 Å². The Morgan fingerprint density at radius 1 is 0.812 bits per heavy atom. The number of nitrogens with one attached hydrogen (secondary N) is 1. The minimum atomic E-state index is 1.32. The van der Waals surface area contributed by atoms with E-state index in [1.54, 1.807) is 0 Å². The maximum absolute atomic E-state index is 3.17. The summed E-state index contributed by atoms with van der Waals surface area (Å²) in [4.78, 5) is 3.17. The molecule has 0 saturated heterocycles. The van der Waals surface area contributed by atoms with Crippen LogP contribution in [0.3, 0.4) is 0 Å². The number of hydrogen-bond donors (Lipinski definition) is 1. The van der Waals surface area contributed by atoms with E-state index in [2.05, 4.69) is 53.8 Å². The van der Waals surface area contributed by atoms with Gasteiger partial charge in [-0.3, -0.25) is 0 Å². The molecule has 0 bridgehead atoms. The molecule has 0 atom stereocenters. The predicted octanol–water partition coefficient (Wildman–Crippen LogP) is 4.54. The Balaban J connectivity index is 2.36. The van der Waals surface area contributed by atoms with Crippen LogP contribution in [0, 0.1) is 0 Å². The summed E-state index contributed by atoms with van der Waals surface area (Å²) in [6, 6.07) is 13.0. The van der Waals surface area contributed by atoms with Gasteiger partial charge in [-0.15, -0.1) is 11.3 Å². The molecule has 16 heavy (non-hydrogen) atoms. The first kappa shape index (κ1) is 8.36. The Morgan fingerprint density at radius 2 is 1.75 bits per heavy atom. The molecular weight excluding hydrogens is 214 g/mol. The van der Waals surface area contributed by atoms with Gasteiger partial charge in [0.25, 0.3) is 0 Å². The molecule has 0 fully saturated rings. The lowest BCUT2D eigenvalue weighted by Gasteiger charge is -1.98. The molecule has 0 radical (unpaired) electrons. The van der Waals surface area contributed by atoms with Crippen molar-refractivity contribution in [2.45, 2.75) is 0 Å². The first-order chi connectivity index (χ1) is 7.93. The number of fused-ring (bicyclic) bond motifs is 5. The Hall–Kier alpha value is -1.80. The maximum atomic E-state index is 3.17. The van der Waals surface area contributed by atoms with E-state index in [0.29, 0.717) is 0 Å². The molecule has 0 aliphatic rings. The SMILES string of the molecule is c1ccc2c(c1)ccc1c3c[nH]cc3sc21. The second-order valence-corrected chi connectivity index (χ2v) is 5.05. The number of H-pyrrole nitrogens is 1. The molecule has 2 aromatic heterocycles. The summed E-state index contributed by atoms with van der Waals surface area (Å²) < 4.78 is 2.74. The van der Waals surface area contributed by atoms with Gasteiger partial charge in [0, 0.05) is 27.9 Å². The normalized spacial score (nSPS) is 11.8. The lowest BCUT2D eigenvalue weighted by atomic mass is 10.1. The molecule has 0 amide bonds. The average molecular weight is 223 g/mol. The summed E-state index contributed by atoms with van der Waals surface area (Å²) in [7, 11) is 0. The molecule has 0 unspecified atom stereocenters. The third kappa shape index (κ3) is 0.947. The van der Waals surface area contributed by atoms with E-state index in [1.165, 1.54) is 30.9 Å². The van der Waals surface area contributed by atoms with Crippen molar-refractivity contribution < 1.29 is 0 Å². The molecule has 0 saturated carbocycles. The summed E-state index contributed by atoms with van der Waals surface area (Å²) >= 11 is 1.87. The third-order valence-corrected chi connectivity index (χ3v) is 4.29. The number of aromatic amines is 1. The highest BCUT2D eigenvalue weighted by molar-refractivity contribution is 7.26. The van der Waals surface area contributed by atoms with Crippen LogP contribution < -0.4 is 0 Å². The van der Waals surface area contributed by atoms with Crippen molar-refractivity contribution in [2.24, 2.45) is 0 Å². The first-order valence-electron chi connectivity index (χ1n) is 5.30. The molecule has 76 valence electrons. The Kier molecular flexibility index (Phi) is 1.50. The molecule has 2 heterocycles. The third-order valence-electron chi connectivity index (χ3n) is 3.09. The maximum Gasteiger partial charge on any atom is 0.0530 e. The van der Waals surface area contributed by atoms with Gasteiger partial charge in [-0.1, -0.05) is 36.4 Å². The number of hydrogen-bond acceptors (Lipinski definition) is 1. The first-order valence-corrected chi connectivity index (χ1v) is 6.12. The van der Waals surface area contributed by atoms with E-state index in [-0.39, 0.29) is 0 Å². The molecule has 1 nitrogen and oxygen atoms in total. The fourth-order valence-electron chi connectivity index (χ4n) is 2.32. The minimum Gasteiger partial charge on any atom is -0.366 e. The van der Waals surface area contributed by atoms with E-state index in [1.807, 2.05) is 11.3 Å². The molecule has 2 aromatic carbocycles. The fourth-order valence-corrected chi connectivity index (χ4v) is 3.53. The minimum absolute atomic E-state index is 1.32. The molecule has 0 spiro atoms. The Morgan fingerprint density at radius 3 is 2.75 bits per heavy atom. The van der Waals surface area contributed by atoms with Crippen molar-refractivity contribution in [3.8, 4) is 0 Å². The lowest BCUT2D eigenvalue weighted by molar-refractivity contribution is 1.43. The van der Waals surface area contributed by atoms with Crippen molar-refractivity contribution in [3.63, 3.8) is 0 Å². The van der Waals surface area contributed by atoms with E-state index >= 15 is 0 Å². The van der Waals surface area contributed by atoms with Crippen LogP contribution in [0.1, 0.15) is 0 Å². The van der Waals surface area contributed by atoms with Crippen LogP contribution in [0.4, 0.5) is 0 Å². The molecule has 4 rings (SSSR count). The zero-order valence-corrected chi connectivity index (χ0v) is 9.34. The molecule has 0 aliphatic heterocycles. The van der Waals surface area contributed by atoms with Gasteiger partial charge in [0.15, 0.2) is 0 Å². The van der Waals surface area contributed by atoms with Crippen molar-refractivity contribution in [3.05, 3.63) is 48.8 Å². The van der Waals surface area contributed by atoms with Gasteiger partial charge >= 0.3 is 0 Å². The van der Waals surface area contributed by atoms with Crippen molar-refractivity contribution >= 4 is 42.3 Å². The Bertz CT molecular complexity index is 801. The summed E-state index contributed by atoms with van der Waals surface area (Å²) in [5, 5.41) is 5.38. The van der Waals surface area contributed by atoms with E-state index in [9.17, 15) is 0 Å². The number of rotatable bonds is 0. The van der Waals surface area contributed by atoms with E-state index < -0.39 is 0 Å². The fraction of sp³-hybridized carbons (Fsp3) is 0. The molecular formula is C14H9NS. The number of benzene rings is 2. The van der Waals surface area contributed by atoms with Gasteiger partial charge in [-0.25, -0.2) is 0 Å². The highest BCUT2D eigenvalue weighted by atomic mass is 32.1. The van der Waals surface area contributed by atoms with Gasteiger partial charge in [0.2, 0.25) is 0 Å². The number of thiophene rings is 1. The molecule has 0 aliphatic carbocycles. The second-order valence-electron chi connectivity index (χ2n) is 4.00. The average Bonchev–Trinajstić information content (AvgIpc) is 2.88. The Labute approximate surface area is 96.3 Å². The van der Waals surface area contributed by atoms with Crippen LogP contribution in [0.15, 0.2) is 48.8 Å². The molecule has 2 heteroatoms. The van der Waals surface area contributed by atoms with Crippen molar-refractivity contribution in [1.29, 1.82) is 0 Å². The van der Waals surface area contributed by atoms with Crippen LogP contribution in [0.25, 0.3) is 30.9 Å².